The van der Waals surface area contributed by atoms with Crippen molar-refractivity contribution in [2.24, 2.45) is 0 Å². The molecule has 1 aromatic carbocycles. The topological polar surface area (TPSA) is 43.6 Å². The Bertz CT molecular complexity index is 680. The fraction of sp³-hybridized carbons (Fsp3) is 0.133. The molecule has 20 heavy (non-hydrogen) atoms. The molecule has 0 amide bonds. The van der Waals surface area contributed by atoms with Crippen LogP contribution in [0.3, 0.4) is 0 Å². The van der Waals surface area contributed by atoms with E-state index in [1.165, 1.54) is 5.56 Å². The molecule has 100 valence electrons. The summed E-state index contributed by atoms with van der Waals surface area (Å²) >= 11 is 5.96. The average molecular weight is 285 g/mol. The minimum Gasteiger partial charge on any atom is -0.305 e. The molecule has 0 aliphatic carbocycles. The molecular formula is C15H13ClN4. The molecule has 0 radical (unpaired) electrons. The second-order valence-electron chi connectivity index (χ2n) is 4.38. The van der Waals surface area contributed by atoms with Gasteiger partial charge in [0, 0.05) is 18.0 Å². The summed E-state index contributed by atoms with van der Waals surface area (Å²) in [6.45, 7) is 0.702. The van der Waals surface area contributed by atoms with Gasteiger partial charge in [0.25, 0.3) is 0 Å². The van der Waals surface area contributed by atoms with Gasteiger partial charge in [0.1, 0.15) is 5.82 Å². The van der Waals surface area contributed by atoms with Gasteiger partial charge in [0.2, 0.25) is 0 Å². The number of pyridine rings is 1. The predicted molar refractivity (Wildman–Crippen MR) is 78.4 cm³/mol. The molecule has 0 aliphatic rings. The van der Waals surface area contributed by atoms with Gasteiger partial charge in [-0.1, -0.05) is 30.3 Å². The van der Waals surface area contributed by atoms with Crippen LogP contribution >= 0.6 is 11.6 Å². The number of alkyl halides is 1. The molecule has 2 heterocycles. The SMILES string of the molecule is ClCc1nnc(-c2ccncc2)n1Cc1ccccc1. The van der Waals surface area contributed by atoms with Crippen LogP contribution in [0.15, 0.2) is 54.9 Å². The standard InChI is InChI=1S/C15H13ClN4/c16-10-14-18-19-15(13-6-8-17-9-7-13)20(14)11-12-4-2-1-3-5-12/h1-9H,10-11H2. The van der Waals surface area contributed by atoms with Gasteiger partial charge in [-0.3, -0.25) is 4.98 Å². The van der Waals surface area contributed by atoms with Crippen molar-refractivity contribution >= 4 is 11.6 Å². The largest absolute Gasteiger partial charge is 0.305 e. The van der Waals surface area contributed by atoms with E-state index in [0.717, 1.165) is 17.2 Å². The number of aromatic nitrogens is 4. The van der Waals surface area contributed by atoms with Crippen molar-refractivity contribution in [2.45, 2.75) is 12.4 Å². The molecule has 0 N–H and O–H groups in total. The third-order valence-corrected chi connectivity index (χ3v) is 3.31. The minimum absolute atomic E-state index is 0.338. The van der Waals surface area contributed by atoms with Crippen LogP contribution < -0.4 is 0 Å². The van der Waals surface area contributed by atoms with Gasteiger partial charge < -0.3 is 4.57 Å². The molecule has 0 unspecified atom stereocenters. The Morgan fingerprint density at radius 2 is 1.70 bits per heavy atom. The summed E-state index contributed by atoms with van der Waals surface area (Å²) in [6.07, 6.45) is 3.49. The number of hydrogen-bond acceptors (Lipinski definition) is 3. The van der Waals surface area contributed by atoms with E-state index >= 15 is 0 Å². The van der Waals surface area contributed by atoms with Crippen LogP contribution in [0.5, 0.6) is 0 Å². The second-order valence-corrected chi connectivity index (χ2v) is 4.65. The number of hydrogen-bond donors (Lipinski definition) is 0. The van der Waals surface area contributed by atoms with E-state index in [0.29, 0.717) is 12.4 Å². The molecule has 0 bridgehead atoms. The van der Waals surface area contributed by atoms with Gasteiger partial charge in [-0.05, 0) is 17.7 Å². The maximum atomic E-state index is 5.96. The van der Waals surface area contributed by atoms with Crippen molar-refractivity contribution in [3.05, 3.63) is 66.2 Å². The van der Waals surface area contributed by atoms with E-state index in [2.05, 4.69) is 27.3 Å². The van der Waals surface area contributed by atoms with Crippen LogP contribution in [0.1, 0.15) is 11.4 Å². The monoisotopic (exact) mass is 284 g/mol. The quantitative estimate of drug-likeness (QED) is 0.691. The lowest BCUT2D eigenvalue weighted by molar-refractivity contribution is 0.761. The highest BCUT2D eigenvalue weighted by Gasteiger charge is 2.13. The van der Waals surface area contributed by atoms with Crippen molar-refractivity contribution < 1.29 is 0 Å². The van der Waals surface area contributed by atoms with Gasteiger partial charge in [-0.25, -0.2) is 0 Å². The summed E-state index contributed by atoms with van der Waals surface area (Å²) in [6, 6.07) is 14.0. The summed E-state index contributed by atoms with van der Waals surface area (Å²) in [5.74, 6) is 1.92. The zero-order valence-electron chi connectivity index (χ0n) is 10.8. The number of nitrogens with zero attached hydrogens (tertiary/aromatic N) is 4. The van der Waals surface area contributed by atoms with Crippen LogP contribution in [0, 0.1) is 0 Å². The first kappa shape index (κ1) is 12.8. The number of halogens is 1. The first-order chi connectivity index (χ1) is 9.88. The Morgan fingerprint density at radius 1 is 0.950 bits per heavy atom. The van der Waals surface area contributed by atoms with Gasteiger partial charge >= 0.3 is 0 Å². The summed E-state index contributed by atoms with van der Waals surface area (Å²) in [4.78, 5) is 4.03. The molecule has 4 nitrogen and oxygen atoms in total. The summed E-state index contributed by atoms with van der Waals surface area (Å²) < 4.78 is 2.04. The minimum atomic E-state index is 0.338. The van der Waals surface area contributed by atoms with Crippen molar-refractivity contribution in [3.8, 4) is 11.4 Å². The van der Waals surface area contributed by atoms with Crippen LogP contribution in [-0.4, -0.2) is 19.7 Å². The van der Waals surface area contributed by atoms with E-state index in [4.69, 9.17) is 11.6 Å². The third-order valence-electron chi connectivity index (χ3n) is 3.07. The first-order valence-electron chi connectivity index (χ1n) is 6.31. The first-order valence-corrected chi connectivity index (χ1v) is 6.84. The number of rotatable bonds is 4. The molecule has 3 aromatic rings. The van der Waals surface area contributed by atoms with Crippen LogP contribution in [0.4, 0.5) is 0 Å². The molecule has 3 rings (SSSR count). The van der Waals surface area contributed by atoms with Crippen LogP contribution in [0.2, 0.25) is 0 Å². The Balaban J connectivity index is 2.02. The maximum Gasteiger partial charge on any atom is 0.164 e. The lowest BCUT2D eigenvalue weighted by atomic mass is 10.2. The van der Waals surface area contributed by atoms with Gasteiger partial charge in [-0.2, -0.15) is 0 Å². The van der Waals surface area contributed by atoms with Crippen molar-refractivity contribution in [3.63, 3.8) is 0 Å². The van der Waals surface area contributed by atoms with E-state index in [1.54, 1.807) is 12.4 Å². The molecule has 0 spiro atoms. The molecular weight excluding hydrogens is 272 g/mol. The molecule has 0 saturated heterocycles. The zero-order valence-corrected chi connectivity index (χ0v) is 11.5. The lowest BCUT2D eigenvalue weighted by Crippen LogP contribution is -2.05. The highest BCUT2D eigenvalue weighted by Crippen LogP contribution is 2.19. The predicted octanol–water partition coefficient (Wildman–Crippen LogP) is 3.13. The molecule has 2 aromatic heterocycles. The van der Waals surface area contributed by atoms with Crippen LogP contribution in [0.25, 0.3) is 11.4 Å². The average Bonchev–Trinajstić information content (AvgIpc) is 2.92. The number of benzene rings is 1. The highest BCUT2D eigenvalue weighted by atomic mass is 35.5. The van der Waals surface area contributed by atoms with Crippen molar-refractivity contribution in [2.75, 3.05) is 0 Å². The molecule has 0 fully saturated rings. The Hall–Kier alpha value is -2.20. The van der Waals surface area contributed by atoms with E-state index < -0.39 is 0 Å². The smallest absolute Gasteiger partial charge is 0.164 e. The van der Waals surface area contributed by atoms with E-state index in [-0.39, 0.29) is 0 Å². The molecule has 0 atom stereocenters. The molecule has 5 heteroatoms. The lowest BCUT2D eigenvalue weighted by Gasteiger charge is -2.09. The summed E-state index contributed by atoms with van der Waals surface area (Å²) in [5, 5.41) is 8.42. The van der Waals surface area contributed by atoms with Gasteiger partial charge in [0.05, 0.1) is 12.4 Å². The Labute approximate surface area is 122 Å². The van der Waals surface area contributed by atoms with Gasteiger partial charge in [0.15, 0.2) is 5.82 Å². The normalized spacial score (nSPS) is 10.7. The Morgan fingerprint density at radius 3 is 2.40 bits per heavy atom. The van der Waals surface area contributed by atoms with Crippen molar-refractivity contribution in [1.82, 2.24) is 19.7 Å². The fourth-order valence-corrected chi connectivity index (χ4v) is 2.28. The van der Waals surface area contributed by atoms with Crippen LogP contribution in [-0.2, 0) is 12.4 Å². The molecule has 0 saturated carbocycles. The zero-order chi connectivity index (χ0) is 13.8. The van der Waals surface area contributed by atoms with E-state index in [9.17, 15) is 0 Å². The fourth-order valence-electron chi connectivity index (χ4n) is 2.08. The second kappa shape index (κ2) is 5.84. The summed E-state index contributed by atoms with van der Waals surface area (Å²) in [7, 11) is 0. The molecule has 0 aliphatic heterocycles. The maximum absolute atomic E-state index is 5.96. The Kier molecular flexibility index (Phi) is 3.74. The van der Waals surface area contributed by atoms with E-state index in [1.807, 2.05) is 34.9 Å². The van der Waals surface area contributed by atoms with Crippen molar-refractivity contribution in [1.29, 1.82) is 0 Å². The third kappa shape index (κ3) is 2.56. The highest BCUT2D eigenvalue weighted by molar-refractivity contribution is 6.16. The summed E-state index contributed by atoms with van der Waals surface area (Å²) in [5.41, 5.74) is 2.17. The van der Waals surface area contributed by atoms with Gasteiger partial charge in [-0.15, -0.1) is 21.8 Å².